The van der Waals surface area contributed by atoms with Gasteiger partial charge in [-0.05, 0) is 43.4 Å². The number of hydrogen-bond donors (Lipinski definition) is 0. The lowest BCUT2D eigenvalue weighted by Gasteiger charge is -2.22. The molecule has 0 spiro atoms. The third-order valence-corrected chi connectivity index (χ3v) is 4.68. The van der Waals surface area contributed by atoms with Crippen LogP contribution in [0, 0.1) is 0 Å². The summed E-state index contributed by atoms with van der Waals surface area (Å²) >= 11 is 0. The van der Waals surface area contributed by atoms with Crippen molar-refractivity contribution in [3.63, 3.8) is 0 Å². The molecule has 0 aliphatic carbocycles. The number of ether oxygens (including phenoxy) is 3. The van der Waals surface area contributed by atoms with Crippen molar-refractivity contribution in [2.45, 2.75) is 39.1 Å². The molecule has 4 heteroatoms. The fourth-order valence-corrected chi connectivity index (χ4v) is 3.09. The molecule has 0 bridgehead atoms. The van der Waals surface area contributed by atoms with Gasteiger partial charge in [-0.1, -0.05) is 54.6 Å². The van der Waals surface area contributed by atoms with Crippen LogP contribution in [0.15, 0.2) is 66.2 Å². The summed E-state index contributed by atoms with van der Waals surface area (Å²) in [7, 11) is 0. The quantitative estimate of drug-likeness (QED) is 0.457. The van der Waals surface area contributed by atoms with E-state index in [4.69, 9.17) is 14.2 Å². The van der Waals surface area contributed by atoms with Gasteiger partial charge in [-0.15, -0.1) is 0 Å². The van der Waals surface area contributed by atoms with Gasteiger partial charge in [0.1, 0.15) is 0 Å². The Morgan fingerprint density at radius 1 is 1.11 bits per heavy atom. The van der Waals surface area contributed by atoms with E-state index in [-0.39, 0.29) is 12.1 Å². The average molecular weight is 380 g/mol. The lowest BCUT2D eigenvalue weighted by atomic mass is 10.0. The summed E-state index contributed by atoms with van der Waals surface area (Å²) < 4.78 is 17.1. The summed E-state index contributed by atoms with van der Waals surface area (Å²) in [5, 5.41) is 0. The molecule has 0 amide bonds. The maximum absolute atomic E-state index is 12.6. The van der Waals surface area contributed by atoms with Crippen molar-refractivity contribution in [1.29, 1.82) is 0 Å². The highest BCUT2D eigenvalue weighted by molar-refractivity contribution is 6.09. The second-order valence-corrected chi connectivity index (χ2v) is 7.07. The zero-order valence-corrected chi connectivity index (χ0v) is 16.4. The predicted octanol–water partition coefficient (Wildman–Crippen LogP) is 4.92. The molecule has 0 saturated carbocycles. The van der Waals surface area contributed by atoms with Gasteiger partial charge in [0.05, 0.1) is 19.8 Å². The van der Waals surface area contributed by atoms with Crippen molar-refractivity contribution in [2.24, 2.45) is 0 Å². The molecule has 2 aromatic rings. The summed E-state index contributed by atoms with van der Waals surface area (Å²) in [5.41, 5.74) is 3.48. The molecule has 28 heavy (non-hydrogen) atoms. The van der Waals surface area contributed by atoms with Crippen molar-refractivity contribution >= 4 is 5.78 Å². The van der Waals surface area contributed by atoms with Crippen LogP contribution in [0.5, 0.6) is 0 Å². The molecule has 1 saturated heterocycles. The van der Waals surface area contributed by atoms with E-state index in [1.54, 1.807) is 0 Å². The van der Waals surface area contributed by atoms with Crippen LogP contribution in [-0.2, 0) is 20.8 Å². The Morgan fingerprint density at radius 3 is 2.71 bits per heavy atom. The van der Waals surface area contributed by atoms with E-state index in [0.717, 1.165) is 30.6 Å². The third-order valence-electron chi connectivity index (χ3n) is 4.68. The Labute approximate surface area is 167 Å². The topological polar surface area (TPSA) is 44.8 Å². The van der Waals surface area contributed by atoms with Gasteiger partial charge in [0.2, 0.25) is 0 Å². The van der Waals surface area contributed by atoms with Crippen LogP contribution in [0.25, 0.3) is 0 Å². The van der Waals surface area contributed by atoms with Crippen molar-refractivity contribution in [3.8, 4) is 0 Å². The Bertz CT molecular complexity index is 776. The molecule has 1 atom stereocenters. The second kappa shape index (κ2) is 10.9. The fourth-order valence-electron chi connectivity index (χ4n) is 3.09. The summed E-state index contributed by atoms with van der Waals surface area (Å²) in [5.74, 6) is 0.0283. The molecule has 148 valence electrons. The van der Waals surface area contributed by atoms with Crippen LogP contribution in [0.3, 0.4) is 0 Å². The van der Waals surface area contributed by atoms with E-state index in [1.165, 1.54) is 6.42 Å². The monoisotopic (exact) mass is 380 g/mol. The van der Waals surface area contributed by atoms with E-state index in [9.17, 15) is 4.79 Å². The van der Waals surface area contributed by atoms with Gasteiger partial charge < -0.3 is 14.2 Å². The lowest BCUT2D eigenvalue weighted by molar-refractivity contribution is -0.155. The smallest absolute Gasteiger partial charge is 0.193 e. The van der Waals surface area contributed by atoms with E-state index >= 15 is 0 Å². The number of carbonyl (C=O) groups is 1. The van der Waals surface area contributed by atoms with Gasteiger partial charge in [-0.3, -0.25) is 4.79 Å². The molecular formula is C24H28O4. The molecule has 0 N–H and O–H groups in total. The van der Waals surface area contributed by atoms with E-state index in [0.29, 0.717) is 30.9 Å². The molecule has 1 fully saturated rings. The highest BCUT2D eigenvalue weighted by Crippen LogP contribution is 2.14. The van der Waals surface area contributed by atoms with Gasteiger partial charge >= 0.3 is 0 Å². The first kappa shape index (κ1) is 20.5. The first-order valence-electron chi connectivity index (χ1n) is 9.87. The fraction of sp³-hybridized carbons (Fsp3) is 0.375. The van der Waals surface area contributed by atoms with Crippen molar-refractivity contribution in [2.75, 3.05) is 19.8 Å². The van der Waals surface area contributed by atoms with Crippen molar-refractivity contribution < 1.29 is 19.0 Å². The SMILES string of the molecule is C/C(=C\COC1CCCCO1)COCc1cccc(C(=O)c2ccccc2)c1. The van der Waals surface area contributed by atoms with Crippen molar-refractivity contribution in [1.82, 2.24) is 0 Å². The minimum atomic E-state index is -0.0661. The van der Waals surface area contributed by atoms with Gasteiger partial charge in [0, 0.05) is 17.7 Å². The highest BCUT2D eigenvalue weighted by Gasteiger charge is 2.13. The predicted molar refractivity (Wildman–Crippen MR) is 109 cm³/mol. The number of benzene rings is 2. The van der Waals surface area contributed by atoms with Crippen LogP contribution in [0.1, 0.15) is 47.7 Å². The van der Waals surface area contributed by atoms with Crippen LogP contribution in [0.4, 0.5) is 0 Å². The van der Waals surface area contributed by atoms with Gasteiger partial charge in [0.25, 0.3) is 0 Å². The summed E-state index contributed by atoms with van der Waals surface area (Å²) in [6.07, 6.45) is 5.24. The second-order valence-electron chi connectivity index (χ2n) is 7.07. The number of carbonyl (C=O) groups excluding carboxylic acids is 1. The van der Waals surface area contributed by atoms with E-state index in [2.05, 4.69) is 0 Å². The summed E-state index contributed by atoms with van der Waals surface area (Å²) in [6, 6.07) is 16.9. The molecule has 0 aromatic heterocycles. The van der Waals surface area contributed by atoms with E-state index in [1.807, 2.05) is 67.6 Å². The standard InChI is InChI=1S/C24H28O4/c1-19(13-15-28-23-12-5-6-14-27-23)17-26-18-20-8-7-11-22(16-20)24(25)21-9-3-2-4-10-21/h2-4,7-11,13,16,23H,5-6,12,14-15,17-18H2,1H3/b19-13+. The highest BCUT2D eigenvalue weighted by atomic mass is 16.7. The average Bonchev–Trinajstić information content (AvgIpc) is 2.75. The van der Waals surface area contributed by atoms with Crippen LogP contribution in [0.2, 0.25) is 0 Å². The first-order chi connectivity index (χ1) is 13.7. The molecule has 0 radical (unpaired) electrons. The zero-order chi connectivity index (χ0) is 19.6. The Hall–Kier alpha value is -2.27. The minimum Gasteiger partial charge on any atom is -0.372 e. The Balaban J connectivity index is 1.44. The zero-order valence-electron chi connectivity index (χ0n) is 16.4. The molecule has 1 unspecified atom stereocenters. The Morgan fingerprint density at radius 2 is 1.93 bits per heavy atom. The Kier molecular flexibility index (Phi) is 7.97. The molecule has 1 aliphatic heterocycles. The third kappa shape index (κ3) is 6.41. The minimum absolute atomic E-state index is 0.0283. The summed E-state index contributed by atoms with van der Waals surface area (Å²) in [6.45, 7) is 4.36. The van der Waals surface area contributed by atoms with Gasteiger partial charge in [-0.25, -0.2) is 0 Å². The maximum Gasteiger partial charge on any atom is 0.193 e. The number of rotatable bonds is 9. The molecule has 1 aliphatic rings. The normalized spacial score (nSPS) is 17.5. The maximum atomic E-state index is 12.6. The van der Waals surface area contributed by atoms with Crippen molar-refractivity contribution in [3.05, 3.63) is 82.9 Å². The molecule has 4 nitrogen and oxygen atoms in total. The van der Waals surface area contributed by atoms with Crippen LogP contribution >= 0.6 is 0 Å². The summed E-state index contributed by atoms with van der Waals surface area (Å²) in [4.78, 5) is 12.6. The van der Waals surface area contributed by atoms with Crippen LogP contribution < -0.4 is 0 Å². The molecule has 1 heterocycles. The van der Waals surface area contributed by atoms with Crippen LogP contribution in [-0.4, -0.2) is 31.9 Å². The lowest BCUT2D eigenvalue weighted by Crippen LogP contribution is -2.22. The number of hydrogen-bond acceptors (Lipinski definition) is 4. The first-order valence-corrected chi connectivity index (χ1v) is 9.87. The van der Waals surface area contributed by atoms with Gasteiger partial charge in [0.15, 0.2) is 12.1 Å². The van der Waals surface area contributed by atoms with Gasteiger partial charge in [-0.2, -0.15) is 0 Å². The number of ketones is 1. The molecule has 2 aromatic carbocycles. The van der Waals surface area contributed by atoms with E-state index < -0.39 is 0 Å². The molecule has 3 rings (SSSR count). The largest absolute Gasteiger partial charge is 0.372 e. The molecular weight excluding hydrogens is 352 g/mol.